The molecular formula is C21H18ClNO4. The summed E-state index contributed by atoms with van der Waals surface area (Å²) in [6.07, 6.45) is 3.92. The third kappa shape index (κ3) is 3.23. The monoisotopic (exact) mass is 383 g/mol. The number of carbonyl (C=O) groups excluding carboxylic acids is 3. The first-order chi connectivity index (χ1) is 13.1. The quantitative estimate of drug-likeness (QED) is 0.735. The van der Waals surface area contributed by atoms with E-state index >= 15 is 0 Å². The van der Waals surface area contributed by atoms with Crippen molar-refractivity contribution in [1.82, 2.24) is 5.06 Å². The van der Waals surface area contributed by atoms with Crippen molar-refractivity contribution in [2.45, 2.75) is 31.6 Å². The summed E-state index contributed by atoms with van der Waals surface area (Å²) in [4.78, 5) is 43.3. The van der Waals surface area contributed by atoms with E-state index in [1.165, 1.54) is 0 Å². The molecule has 2 aliphatic rings. The van der Waals surface area contributed by atoms with Crippen molar-refractivity contribution in [2.24, 2.45) is 5.92 Å². The van der Waals surface area contributed by atoms with Crippen molar-refractivity contribution < 1.29 is 19.2 Å². The molecule has 0 spiro atoms. The fraction of sp³-hybridized carbons (Fsp3) is 0.286. The van der Waals surface area contributed by atoms with Crippen molar-refractivity contribution in [1.29, 1.82) is 0 Å². The summed E-state index contributed by atoms with van der Waals surface area (Å²) in [6, 6.07) is 13.5. The number of hydrogen-bond donors (Lipinski definition) is 0. The molecule has 1 heterocycles. The molecule has 27 heavy (non-hydrogen) atoms. The fourth-order valence-electron chi connectivity index (χ4n) is 3.96. The van der Waals surface area contributed by atoms with Gasteiger partial charge in [0.05, 0.1) is 17.0 Å². The van der Waals surface area contributed by atoms with Crippen LogP contribution in [0.15, 0.2) is 48.5 Å². The van der Waals surface area contributed by atoms with Crippen LogP contribution in [0.2, 0.25) is 5.02 Å². The summed E-state index contributed by atoms with van der Waals surface area (Å²) in [5, 5.41) is 1.17. The van der Waals surface area contributed by atoms with Crippen LogP contribution in [0.1, 0.15) is 57.9 Å². The molecule has 2 aromatic rings. The first-order valence-electron chi connectivity index (χ1n) is 9.01. The van der Waals surface area contributed by atoms with Crippen LogP contribution in [0.5, 0.6) is 0 Å². The first-order valence-corrected chi connectivity index (χ1v) is 9.39. The Kier molecular flexibility index (Phi) is 4.70. The Labute approximate surface area is 161 Å². The van der Waals surface area contributed by atoms with Crippen LogP contribution in [0, 0.1) is 5.92 Å². The first kappa shape index (κ1) is 17.7. The molecular weight excluding hydrogens is 366 g/mol. The molecule has 0 aromatic heterocycles. The molecule has 4 rings (SSSR count). The molecule has 1 saturated carbocycles. The fourth-order valence-corrected chi connectivity index (χ4v) is 4.08. The summed E-state index contributed by atoms with van der Waals surface area (Å²) < 4.78 is 0. The molecule has 0 radical (unpaired) electrons. The van der Waals surface area contributed by atoms with Gasteiger partial charge in [-0.25, -0.2) is 4.79 Å². The molecule has 0 bridgehead atoms. The lowest BCUT2D eigenvalue weighted by Crippen LogP contribution is -2.36. The van der Waals surface area contributed by atoms with E-state index in [-0.39, 0.29) is 17.0 Å². The number of amides is 2. The number of halogens is 1. The molecule has 1 aliphatic heterocycles. The van der Waals surface area contributed by atoms with Crippen LogP contribution in [-0.2, 0) is 9.63 Å². The van der Waals surface area contributed by atoms with Gasteiger partial charge in [0.25, 0.3) is 11.8 Å². The summed E-state index contributed by atoms with van der Waals surface area (Å²) >= 11 is 5.97. The van der Waals surface area contributed by atoms with Crippen molar-refractivity contribution >= 4 is 29.4 Å². The van der Waals surface area contributed by atoms with Crippen molar-refractivity contribution in [3.63, 3.8) is 0 Å². The van der Waals surface area contributed by atoms with Gasteiger partial charge in [0, 0.05) is 5.02 Å². The number of benzene rings is 2. The molecule has 0 saturated heterocycles. The predicted octanol–water partition coefficient (Wildman–Crippen LogP) is 4.37. The Balaban J connectivity index is 1.60. The second-order valence-corrected chi connectivity index (χ2v) is 7.37. The minimum absolute atomic E-state index is 0.119. The van der Waals surface area contributed by atoms with Gasteiger partial charge in [-0.1, -0.05) is 53.8 Å². The zero-order valence-corrected chi connectivity index (χ0v) is 15.3. The van der Waals surface area contributed by atoms with Crippen molar-refractivity contribution in [3.8, 4) is 0 Å². The van der Waals surface area contributed by atoms with Gasteiger partial charge >= 0.3 is 5.97 Å². The van der Waals surface area contributed by atoms with E-state index in [1.807, 2.05) is 0 Å². The summed E-state index contributed by atoms with van der Waals surface area (Å²) in [5.41, 5.74) is 1.28. The number of hydroxylamine groups is 2. The van der Waals surface area contributed by atoms with Crippen LogP contribution in [-0.4, -0.2) is 22.8 Å². The van der Waals surface area contributed by atoms with Gasteiger partial charge in [-0.05, 0) is 48.6 Å². The topological polar surface area (TPSA) is 63.7 Å². The summed E-state index contributed by atoms with van der Waals surface area (Å²) in [5.74, 6) is -2.21. The molecule has 1 unspecified atom stereocenters. The van der Waals surface area contributed by atoms with Crippen LogP contribution in [0.4, 0.5) is 0 Å². The standard InChI is InChI=1S/C21H18ClNO4/c22-15-11-9-14(10-12-15)18(13-5-1-2-6-13)21(26)27-23-19(24)16-7-3-4-8-17(16)20(23)25/h3-4,7-13,18H,1-2,5-6H2. The van der Waals surface area contributed by atoms with Gasteiger partial charge in [0.15, 0.2) is 0 Å². The van der Waals surface area contributed by atoms with Crippen molar-refractivity contribution in [3.05, 3.63) is 70.2 Å². The Bertz CT molecular complexity index is 868. The van der Waals surface area contributed by atoms with E-state index in [2.05, 4.69) is 0 Å². The number of nitrogens with zero attached hydrogens (tertiary/aromatic N) is 1. The SMILES string of the molecule is O=C(ON1C(=O)c2ccccc2C1=O)C(c1ccc(Cl)cc1)C1CCCC1. The second kappa shape index (κ2) is 7.16. The summed E-state index contributed by atoms with van der Waals surface area (Å²) in [7, 11) is 0. The van der Waals surface area contributed by atoms with Gasteiger partial charge in [-0.15, -0.1) is 0 Å². The minimum atomic E-state index is -0.606. The lowest BCUT2D eigenvalue weighted by Gasteiger charge is -2.24. The van der Waals surface area contributed by atoms with E-state index in [0.717, 1.165) is 31.2 Å². The third-order valence-electron chi connectivity index (χ3n) is 5.29. The van der Waals surface area contributed by atoms with E-state index in [4.69, 9.17) is 16.4 Å². The number of fused-ring (bicyclic) bond motifs is 1. The lowest BCUT2D eigenvalue weighted by atomic mass is 9.85. The van der Waals surface area contributed by atoms with Crippen LogP contribution >= 0.6 is 11.6 Å². The molecule has 138 valence electrons. The number of rotatable bonds is 4. The van der Waals surface area contributed by atoms with E-state index < -0.39 is 23.7 Å². The molecule has 6 heteroatoms. The second-order valence-electron chi connectivity index (χ2n) is 6.93. The van der Waals surface area contributed by atoms with Gasteiger partial charge in [-0.2, -0.15) is 0 Å². The van der Waals surface area contributed by atoms with E-state index in [1.54, 1.807) is 48.5 Å². The number of hydrogen-bond acceptors (Lipinski definition) is 4. The highest BCUT2D eigenvalue weighted by molar-refractivity contribution is 6.30. The minimum Gasteiger partial charge on any atom is -0.329 e. The number of imide groups is 1. The molecule has 2 aromatic carbocycles. The summed E-state index contributed by atoms with van der Waals surface area (Å²) in [6.45, 7) is 0. The highest BCUT2D eigenvalue weighted by Gasteiger charge is 2.41. The van der Waals surface area contributed by atoms with Gasteiger partial charge in [0.1, 0.15) is 0 Å². The molecule has 1 aliphatic carbocycles. The highest BCUT2D eigenvalue weighted by atomic mass is 35.5. The lowest BCUT2D eigenvalue weighted by molar-refractivity contribution is -0.172. The normalized spacial score (nSPS) is 17.9. The molecule has 2 amide bonds. The molecule has 5 nitrogen and oxygen atoms in total. The highest BCUT2D eigenvalue weighted by Crippen LogP contribution is 2.39. The zero-order valence-electron chi connectivity index (χ0n) is 14.6. The van der Waals surface area contributed by atoms with Crippen molar-refractivity contribution in [2.75, 3.05) is 0 Å². The molecule has 0 N–H and O–H groups in total. The number of carbonyl (C=O) groups is 3. The van der Waals surface area contributed by atoms with E-state index in [9.17, 15) is 14.4 Å². The van der Waals surface area contributed by atoms with Gasteiger partial charge in [0.2, 0.25) is 0 Å². The Morgan fingerprint density at radius 1 is 0.963 bits per heavy atom. The Hall–Kier alpha value is -2.66. The smallest absolute Gasteiger partial charge is 0.329 e. The average molecular weight is 384 g/mol. The zero-order chi connectivity index (χ0) is 19.0. The Morgan fingerprint density at radius 3 is 2.07 bits per heavy atom. The maximum absolute atomic E-state index is 13.0. The van der Waals surface area contributed by atoms with Gasteiger partial charge < -0.3 is 4.84 Å². The average Bonchev–Trinajstić information content (AvgIpc) is 3.28. The van der Waals surface area contributed by atoms with Crippen LogP contribution in [0.25, 0.3) is 0 Å². The van der Waals surface area contributed by atoms with Gasteiger partial charge in [-0.3, -0.25) is 9.59 Å². The third-order valence-corrected chi connectivity index (χ3v) is 5.54. The molecule has 1 atom stereocenters. The maximum Gasteiger partial charge on any atom is 0.340 e. The maximum atomic E-state index is 13.0. The van der Waals surface area contributed by atoms with Crippen LogP contribution in [0.3, 0.4) is 0 Å². The van der Waals surface area contributed by atoms with E-state index in [0.29, 0.717) is 10.1 Å². The Morgan fingerprint density at radius 2 is 1.52 bits per heavy atom. The predicted molar refractivity (Wildman–Crippen MR) is 99.2 cm³/mol. The largest absolute Gasteiger partial charge is 0.340 e. The molecule has 1 fully saturated rings. The van der Waals surface area contributed by atoms with Crippen LogP contribution < -0.4 is 0 Å².